The fraction of sp³-hybridized carbons (Fsp3) is 0.733. The van der Waals surface area contributed by atoms with Crippen molar-refractivity contribution >= 4 is 0 Å². The number of rotatable bonds is 0. The van der Waals surface area contributed by atoms with Crippen LogP contribution in [0.1, 0.15) is 45.4 Å². The second-order valence-electron chi connectivity index (χ2n) is 6.46. The Morgan fingerprint density at radius 3 is 2.80 bits per heavy atom. The highest BCUT2D eigenvalue weighted by Crippen LogP contribution is 2.66. The van der Waals surface area contributed by atoms with Gasteiger partial charge in [-0.05, 0) is 55.4 Å². The molecule has 2 fully saturated rings. The maximum absolute atomic E-state index is 2.50. The Morgan fingerprint density at radius 1 is 1.20 bits per heavy atom. The lowest BCUT2D eigenvalue weighted by molar-refractivity contribution is 0.220. The van der Waals surface area contributed by atoms with Crippen molar-refractivity contribution < 1.29 is 0 Å². The second kappa shape index (κ2) is 2.59. The molecule has 0 aromatic rings. The first kappa shape index (κ1) is 8.61. The molecule has 2 saturated carbocycles. The number of fused-ring (bicyclic) bond motifs is 2. The van der Waals surface area contributed by atoms with Crippen LogP contribution in [0.5, 0.6) is 0 Å². The van der Waals surface area contributed by atoms with Crippen LogP contribution in [0.3, 0.4) is 0 Å². The van der Waals surface area contributed by atoms with Crippen molar-refractivity contribution in [1.82, 2.24) is 0 Å². The summed E-state index contributed by atoms with van der Waals surface area (Å²) in [6.45, 7) is 2.45. The van der Waals surface area contributed by atoms with Gasteiger partial charge in [0, 0.05) is 5.41 Å². The summed E-state index contributed by atoms with van der Waals surface area (Å²) >= 11 is 0. The van der Waals surface area contributed by atoms with E-state index < -0.39 is 0 Å². The summed E-state index contributed by atoms with van der Waals surface area (Å²) in [4.78, 5) is 0. The summed E-state index contributed by atoms with van der Waals surface area (Å²) in [6.07, 6.45) is 13.8. The molecule has 0 saturated heterocycles. The van der Waals surface area contributed by atoms with Crippen molar-refractivity contribution in [2.75, 3.05) is 0 Å². The van der Waals surface area contributed by atoms with Crippen molar-refractivity contribution in [2.24, 2.45) is 23.2 Å². The first-order valence-corrected chi connectivity index (χ1v) is 6.70. The Morgan fingerprint density at radius 2 is 2.07 bits per heavy atom. The number of allylic oxidation sites excluding steroid dienone is 4. The highest BCUT2D eigenvalue weighted by molar-refractivity contribution is 5.57. The van der Waals surface area contributed by atoms with Crippen molar-refractivity contribution in [1.29, 1.82) is 0 Å². The smallest absolute Gasteiger partial charge is 0.0170 e. The fourth-order valence-electron chi connectivity index (χ4n) is 4.86. The van der Waals surface area contributed by atoms with E-state index in [-0.39, 0.29) is 0 Å². The Kier molecular flexibility index (Phi) is 1.49. The van der Waals surface area contributed by atoms with Crippen molar-refractivity contribution in [2.45, 2.75) is 45.4 Å². The van der Waals surface area contributed by atoms with Crippen LogP contribution in [0.4, 0.5) is 0 Å². The molecule has 0 radical (unpaired) electrons. The van der Waals surface area contributed by atoms with Crippen LogP contribution < -0.4 is 0 Å². The van der Waals surface area contributed by atoms with E-state index in [9.17, 15) is 0 Å². The molecule has 0 aromatic carbocycles. The molecule has 0 aliphatic heterocycles. The van der Waals surface area contributed by atoms with E-state index in [4.69, 9.17) is 0 Å². The van der Waals surface area contributed by atoms with Gasteiger partial charge in [-0.15, -0.1) is 0 Å². The lowest BCUT2D eigenvalue weighted by Crippen LogP contribution is -2.25. The third kappa shape index (κ3) is 0.940. The monoisotopic (exact) mass is 200 g/mol. The Bertz CT molecular complexity index is 373. The van der Waals surface area contributed by atoms with Gasteiger partial charge in [0.05, 0.1) is 0 Å². The van der Waals surface area contributed by atoms with Gasteiger partial charge >= 0.3 is 0 Å². The molecule has 1 spiro atoms. The molecule has 5 aliphatic carbocycles. The van der Waals surface area contributed by atoms with Crippen LogP contribution in [-0.2, 0) is 0 Å². The molecule has 0 heterocycles. The van der Waals surface area contributed by atoms with Crippen LogP contribution >= 0.6 is 0 Å². The average molecular weight is 200 g/mol. The lowest BCUT2D eigenvalue weighted by Gasteiger charge is -2.37. The van der Waals surface area contributed by atoms with Gasteiger partial charge < -0.3 is 0 Å². The van der Waals surface area contributed by atoms with E-state index in [0.29, 0.717) is 5.41 Å². The molecule has 0 nitrogen and oxygen atoms in total. The van der Waals surface area contributed by atoms with Gasteiger partial charge in [-0.25, -0.2) is 0 Å². The summed E-state index contributed by atoms with van der Waals surface area (Å²) in [6, 6.07) is 0. The van der Waals surface area contributed by atoms with E-state index >= 15 is 0 Å². The van der Waals surface area contributed by atoms with E-state index in [1.54, 1.807) is 11.1 Å². The molecule has 80 valence electrons. The van der Waals surface area contributed by atoms with Gasteiger partial charge in [-0.2, -0.15) is 0 Å². The van der Waals surface area contributed by atoms with Crippen molar-refractivity contribution in [3.05, 3.63) is 23.3 Å². The molecular formula is C15H20. The van der Waals surface area contributed by atoms with Gasteiger partial charge in [0.15, 0.2) is 0 Å². The Hall–Kier alpha value is -0.520. The predicted octanol–water partition coefficient (Wildman–Crippen LogP) is 4.09. The molecule has 15 heavy (non-hydrogen) atoms. The van der Waals surface area contributed by atoms with Crippen LogP contribution in [0, 0.1) is 23.2 Å². The number of hydrogen-bond acceptors (Lipinski definition) is 0. The fourth-order valence-corrected chi connectivity index (χ4v) is 4.86. The average Bonchev–Trinajstić information content (AvgIpc) is 2.89. The summed E-state index contributed by atoms with van der Waals surface area (Å²) in [5, 5.41) is 0. The van der Waals surface area contributed by atoms with E-state index in [1.165, 1.54) is 38.5 Å². The van der Waals surface area contributed by atoms with Gasteiger partial charge in [0.1, 0.15) is 0 Å². The topological polar surface area (TPSA) is 0 Å². The van der Waals surface area contributed by atoms with E-state index in [0.717, 1.165) is 17.8 Å². The van der Waals surface area contributed by atoms with Gasteiger partial charge in [0.25, 0.3) is 0 Å². The minimum absolute atomic E-state index is 0.638. The summed E-state index contributed by atoms with van der Waals surface area (Å²) in [7, 11) is 0. The van der Waals surface area contributed by atoms with Crippen LogP contribution in [0.15, 0.2) is 23.3 Å². The van der Waals surface area contributed by atoms with Crippen molar-refractivity contribution in [3.63, 3.8) is 0 Å². The van der Waals surface area contributed by atoms with Crippen LogP contribution in [0.25, 0.3) is 0 Å². The Labute approximate surface area is 92.4 Å². The molecule has 4 unspecified atom stereocenters. The van der Waals surface area contributed by atoms with Gasteiger partial charge in [-0.1, -0.05) is 31.1 Å². The van der Waals surface area contributed by atoms with Gasteiger partial charge in [-0.3, -0.25) is 0 Å². The molecule has 5 rings (SSSR count). The maximum Gasteiger partial charge on any atom is 0.0170 e. The first-order chi connectivity index (χ1) is 7.28. The standard InChI is InChI=1S/C15H20/c1-10-2-3-11-8-15(9-12(11)6-10)13-4-5-14(15)7-13/h4,7,10-12H,2-3,5-6,8-9H2,1H3. The molecule has 5 aliphatic rings. The highest BCUT2D eigenvalue weighted by Gasteiger charge is 2.55. The summed E-state index contributed by atoms with van der Waals surface area (Å²) in [5.41, 5.74) is 4.15. The zero-order valence-electron chi connectivity index (χ0n) is 9.63. The van der Waals surface area contributed by atoms with E-state index in [1.807, 2.05) is 0 Å². The zero-order valence-corrected chi connectivity index (χ0v) is 9.63. The van der Waals surface area contributed by atoms with Crippen LogP contribution in [0.2, 0.25) is 0 Å². The predicted molar refractivity (Wildman–Crippen MR) is 62.4 cm³/mol. The quantitative estimate of drug-likeness (QED) is 0.552. The summed E-state index contributed by atoms with van der Waals surface area (Å²) in [5.74, 6) is 3.15. The normalized spacial score (nSPS) is 51.1. The second-order valence-corrected chi connectivity index (χ2v) is 6.46. The largest absolute Gasteiger partial charge is 0.0763 e. The molecule has 0 N–H and O–H groups in total. The van der Waals surface area contributed by atoms with Gasteiger partial charge in [0.2, 0.25) is 0 Å². The minimum atomic E-state index is 0.638. The molecule has 2 bridgehead atoms. The molecular weight excluding hydrogens is 180 g/mol. The first-order valence-electron chi connectivity index (χ1n) is 6.70. The molecule has 0 aromatic heterocycles. The third-order valence-corrected chi connectivity index (χ3v) is 5.66. The molecule has 0 amide bonds. The van der Waals surface area contributed by atoms with E-state index in [2.05, 4.69) is 19.1 Å². The molecule has 4 atom stereocenters. The Balaban J connectivity index is 1.64. The highest BCUT2D eigenvalue weighted by atomic mass is 14.6. The zero-order chi connectivity index (χ0) is 10.0. The SMILES string of the molecule is CC1CCC2CC3(CC2C1)C1=CCC3=C1. The lowest BCUT2D eigenvalue weighted by atomic mass is 9.67. The van der Waals surface area contributed by atoms with Crippen molar-refractivity contribution in [3.8, 4) is 0 Å². The minimum Gasteiger partial charge on any atom is -0.0763 e. The third-order valence-electron chi connectivity index (χ3n) is 5.66. The number of hydrogen-bond donors (Lipinski definition) is 0. The summed E-state index contributed by atoms with van der Waals surface area (Å²) < 4.78 is 0. The van der Waals surface area contributed by atoms with Crippen LogP contribution in [-0.4, -0.2) is 0 Å². The molecule has 0 heteroatoms. The maximum atomic E-state index is 2.50.